The van der Waals surface area contributed by atoms with Crippen molar-refractivity contribution in [3.05, 3.63) is 18.0 Å². The zero-order valence-corrected chi connectivity index (χ0v) is 9.19. The highest BCUT2D eigenvalue weighted by molar-refractivity contribution is 5.11. The predicted octanol–water partition coefficient (Wildman–Crippen LogP) is 1.07. The molecule has 3 N–H and O–H groups in total. The van der Waals surface area contributed by atoms with Crippen LogP contribution in [0.25, 0.3) is 0 Å². The van der Waals surface area contributed by atoms with Crippen molar-refractivity contribution >= 4 is 0 Å². The molecule has 0 aromatic carbocycles. The summed E-state index contributed by atoms with van der Waals surface area (Å²) in [5.41, 5.74) is 6.59. The molecule has 0 bridgehead atoms. The van der Waals surface area contributed by atoms with Gasteiger partial charge in [-0.25, -0.2) is 0 Å². The maximum atomic E-state index is 10.4. The summed E-state index contributed by atoms with van der Waals surface area (Å²) in [6.07, 6.45) is 4.51. The standard InChI is InChI=1S/C11H19N3O/c1-2-14-9(4-7-13-14)10(15)11(8-12)5-3-6-11/h4,7,10,15H,2-3,5-6,8,12H2,1H3/t10-/m0/s1. The van der Waals surface area contributed by atoms with E-state index in [4.69, 9.17) is 5.73 Å². The van der Waals surface area contributed by atoms with Gasteiger partial charge in [0.2, 0.25) is 0 Å². The highest BCUT2D eigenvalue weighted by Crippen LogP contribution is 2.49. The third-order valence-corrected chi connectivity index (χ3v) is 3.66. The molecule has 0 unspecified atom stereocenters. The first-order chi connectivity index (χ1) is 7.23. The molecule has 1 aromatic heterocycles. The molecule has 0 spiro atoms. The second kappa shape index (κ2) is 3.94. The van der Waals surface area contributed by atoms with Crippen LogP contribution >= 0.6 is 0 Å². The van der Waals surface area contributed by atoms with Gasteiger partial charge in [0.05, 0.1) is 5.69 Å². The van der Waals surface area contributed by atoms with Crippen molar-refractivity contribution in [2.45, 2.75) is 38.8 Å². The predicted molar refractivity (Wildman–Crippen MR) is 58.2 cm³/mol. The Bertz CT molecular complexity index is 325. The lowest BCUT2D eigenvalue weighted by Crippen LogP contribution is -2.43. The lowest BCUT2D eigenvalue weighted by molar-refractivity contribution is -0.0346. The van der Waals surface area contributed by atoms with Crippen LogP contribution in [0.1, 0.15) is 38.0 Å². The number of nitrogens with two attached hydrogens (primary N) is 1. The Labute approximate surface area is 90.1 Å². The van der Waals surface area contributed by atoms with Gasteiger partial charge in [-0.2, -0.15) is 5.10 Å². The molecule has 4 heteroatoms. The highest BCUT2D eigenvalue weighted by Gasteiger charge is 2.43. The molecule has 0 aliphatic heterocycles. The second-order valence-corrected chi connectivity index (χ2v) is 4.39. The molecule has 84 valence electrons. The quantitative estimate of drug-likeness (QED) is 0.779. The van der Waals surface area contributed by atoms with Crippen LogP contribution in [-0.4, -0.2) is 21.4 Å². The van der Waals surface area contributed by atoms with E-state index in [2.05, 4.69) is 5.10 Å². The molecule has 2 rings (SSSR count). The topological polar surface area (TPSA) is 64.1 Å². The lowest BCUT2D eigenvalue weighted by Gasteiger charge is -2.44. The van der Waals surface area contributed by atoms with Crippen LogP contribution in [0.15, 0.2) is 12.3 Å². The number of nitrogens with zero attached hydrogens (tertiary/aromatic N) is 2. The van der Waals surface area contributed by atoms with Crippen molar-refractivity contribution in [3.8, 4) is 0 Å². The van der Waals surface area contributed by atoms with Gasteiger partial charge in [0, 0.05) is 24.7 Å². The first kappa shape index (κ1) is 10.6. The zero-order valence-electron chi connectivity index (χ0n) is 9.19. The lowest BCUT2D eigenvalue weighted by atomic mass is 9.64. The minimum Gasteiger partial charge on any atom is -0.386 e. The Morgan fingerprint density at radius 1 is 1.67 bits per heavy atom. The van der Waals surface area contributed by atoms with Gasteiger partial charge in [-0.3, -0.25) is 4.68 Å². The van der Waals surface area contributed by atoms with Gasteiger partial charge in [0.1, 0.15) is 6.10 Å². The molecule has 1 aliphatic rings. The Kier molecular flexibility index (Phi) is 2.80. The summed E-state index contributed by atoms with van der Waals surface area (Å²) in [5, 5.41) is 14.5. The van der Waals surface area contributed by atoms with E-state index >= 15 is 0 Å². The molecule has 4 nitrogen and oxygen atoms in total. The summed E-state index contributed by atoms with van der Waals surface area (Å²) in [6.45, 7) is 3.38. The van der Waals surface area contributed by atoms with Gasteiger partial charge in [0.25, 0.3) is 0 Å². The SMILES string of the molecule is CCn1nccc1[C@H](O)C1(CN)CCC1. The van der Waals surface area contributed by atoms with Crippen LogP contribution in [-0.2, 0) is 6.54 Å². The molecule has 0 saturated heterocycles. The maximum Gasteiger partial charge on any atom is 0.102 e. The van der Waals surface area contributed by atoms with Crippen molar-refractivity contribution in [2.24, 2.45) is 11.1 Å². The van der Waals surface area contributed by atoms with E-state index in [9.17, 15) is 5.11 Å². The number of aromatic nitrogens is 2. The van der Waals surface area contributed by atoms with E-state index in [0.717, 1.165) is 25.1 Å². The summed E-state index contributed by atoms with van der Waals surface area (Å²) in [5.74, 6) is 0. The minimum absolute atomic E-state index is 0.0903. The molecule has 1 fully saturated rings. The first-order valence-electron chi connectivity index (χ1n) is 5.63. The summed E-state index contributed by atoms with van der Waals surface area (Å²) in [4.78, 5) is 0. The number of hydrogen-bond acceptors (Lipinski definition) is 3. The Balaban J connectivity index is 2.23. The van der Waals surface area contributed by atoms with Crippen LogP contribution in [0.4, 0.5) is 0 Å². The number of aryl methyl sites for hydroxylation is 1. The van der Waals surface area contributed by atoms with Crippen molar-refractivity contribution in [1.82, 2.24) is 9.78 Å². The second-order valence-electron chi connectivity index (χ2n) is 4.39. The molecule has 1 aliphatic carbocycles. The molecular weight excluding hydrogens is 190 g/mol. The van der Waals surface area contributed by atoms with Crippen molar-refractivity contribution in [2.75, 3.05) is 6.54 Å². The number of aliphatic hydroxyl groups excluding tert-OH is 1. The fourth-order valence-electron chi connectivity index (χ4n) is 2.37. The van der Waals surface area contributed by atoms with Gasteiger partial charge in [-0.15, -0.1) is 0 Å². The molecule has 0 amide bonds. The fraction of sp³-hybridized carbons (Fsp3) is 0.727. The van der Waals surface area contributed by atoms with Crippen molar-refractivity contribution < 1.29 is 5.11 Å². The van der Waals surface area contributed by atoms with Gasteiger partial charge < -0.3 is 10.8 Å². The molecular formula is C11H19N3O. The number of rotatable bonds is 4. The fourth-order valence-corrected chi connectivity index (χ4v) is 2.37. The average Bonchev–Trinajstić information content (AvgIpc) is 2.64. The molecule has 0 radical (unpaired) electrons. The van der Waals surface area contributed by atoms with Crippen LogP contribution in [0.3, 0.4) is 0 Å². The minimum atomic E-state index is -0.460. The van der Waals surface area contributed by atoms with E-state index in [1.54, 1.807) is 6.20 Å². The van der Waals surface area contributed by atoms with Gasteiger partial charge in [-0.1, -0.05) is 6.42 Å². The van der Waals surface area contributed by atoms with Crippen LogP contribution in [0.2, 0.25) is 0 Å². The van der Waals surface area contributed by atoms with Gasteiger partial charge in [-0.05, 0) is 25.8 Å². The smallest absolute Gasteiger partial charge is 0.102 e. The van der Waals surface area contributed by atoms with E-state index in [-0.39, 0.29) is 5.41 Å². The molecule has 1 heterocycles. The van der Waals surface area contributed by atoms with E-state index in [1.165, 1.54) is 6.42 Å². The average molecular weight is 209 g/mol. The Morgan fingerprint density at radius 2 is 2.40 bits per heavy atom. The Morgan fingerprint density at radius 3 is 2.87 bits per heavy atom. The van der Waals surface area contributed by atoms with Gasteiger partial charge >= 0.3 is 0 Å². The summed E-state index contributed by atoms with van der Waals surface area (Å²) in [6, 6.07) is 1.89. The van der Waals surface area contributed by atoms with E-state index in [1.807, 2.05) is 17.7 Å². The van der Waals surface area contributed by atoms with Crippen molar-refractivity contribution in [3.63, 3.8) is 0 Å². The van der Waals surface area contributed by atoms with E-state index < -0.39 is 6.10 Å². The first-order valence-corrected chi connectivity index (χ1v) is 5.63. The van der Waals surface area contributed by atoms with Crippen LogP contribution in [0, 0.1) is 5.41 Å². The number of hydrogen-bond donors (Lipinski definition) is 2. The summed E-state index contributed by atoms with van der Waals surface area (Å²) < 4.78 is 1.85. The summed E-state index contributed by atoms with van der Waals surface area (Å²) >= 11 is 0. The largest absolute Gasteiger partial charge is 0.386 e. The Hall–Kier alpha value is -0.870. The third kappa shape index (κ3) is 1.58. The molecule has 1 aromatic rings. The molecule has 1 atom stereocenters. The third-order valence-electron chi connectivity index (χ3n) is 3.66. The highest BCUT2D eigenvalue weighted by atomic mass is 16.3. The van der Waals surface area contributed by atoms with Crippen LogP contribution < -0.4 is 5.73 Å². The van der Waals surface area contributed by atoms with Gasteiger partial charge in [0.15, 0.2) is 0 Å². The zero-order chi connectivity index (χ0) is 10.9. The van der Waals surface area contributed by atoms with E-state index in [0.29, 0.717) is 6.54 Å². The normalized spacial score (nSPS) is 21.0. The monoisotopic (exact) mass is 209 g/mol. The van der Waals surface area contributed by atoms with Crippen LogP contribution in [0.5, 0.6) is 0 Å². The molecule has 15 heavy (non-hydrogen) atoms. The maximum absolute atomic E-state index is 10.4. The summed E-state index contributed by atoms with van der Waals surface area (Å²) in [7, 11) is 0. The number of aliphatic hydroxyl groups is 1. The molecule has 1 saturated carbocycles. The van der Waals surface area contributed by atoms with Crippen molar-refractivity contribution in [1.29, 1.82) is 0 Å².